The van der Waals surface area contributed by atoms with E-state index in [1.54, 1.807) is 0 Å². The van der Waals surface area contributed by atoms with Crippen molar-refractivity contribution in [1.82, 2.24) is 0 Å². The maximum absolute atomic E-state index is 8.50. The molecule has 0 aromatic carbocycles. The molecule has 0 aromatic rings. The predicted octanol–water partition coefficient (Wildman–Crippen LogP) is -2.70. The fraction of sp³-hybridized carbons (Fsp3) is 0.750. The standard InChI is InChI=1S/C5H12O4.C3H6O.H3O3P/c6-1-5(2-7,3-8)4-9;1-2-3-4;1-4(2)3/h6-9H,1-4H2;2,4H,1,3H2;1-3H. The average Bonchev–Trinajstić information content (AvgIpc) is 2.32. The fourth-order valence-corrected chi connectivity index (χ4v) is 0.300. The highest BCUT2D eigenvalue weighted by Crippen LogP contribution is 2.12. The SMILES string of the molecule is C=CCO.OCC(CO)(CO)CO.OP(O)O. The van der Waals surface area contributed by atoms with Crippen LogP contribution >= 0.6 is 8.60 Å². The lowest BCUT2D eigenvalue weighted by Crippen LogP contribution is -2.37. The van der Waals surface area contributed by atoms with E-state index in [9.17, 15) is 0 Å². The summed E-state index contributed by atoms with van der Waals surface area (Å²) in [6.07, 6.45) is 1.43. The third-order valence-electron chi connectivity index (χ3n) is 1.47. The predicted molar refractivity (Wildman–Crippen MR) is 61.6 cm³/mol. The van der Waals surface area contributed by atoms with Crippen LogP contribution in [0.2, 0.25) is 0 Å². The third kappa shape index (κ3) is 18.4. The second-order valence-corrected chi connectivity index (χ2v) is 3.41. The molecule has 0 aliphatic rings. The average molecular weight is 276 g/mol. The Bertz CT molecular complexity index is 130. The number of hydrogen-bond acceptors (Lipinski definition) is 8. The van der Waals surface area contributed by atoms with Crippen molar-refractivity contribution in [3.63, 3.8) is 0 Å². The van der Waals surface area contributed by atoms with Gasteiger partial charge in [-0.25, -0.2) is 0 Å². The van der Waals surface area contributed by atoms with Crippen molar-refractivity contribution < 1.29 is 40.2 Å². The summed E-state index contributed by atoms with van der Waals surface area (Å²) >= 11 is 0. The first-order chi connectivity index (χ1) is 7.89. The Morgan fingerprint density at radius 3 is 1.00 bits per heavy atom. The number of hydrogen-bond donors (Lipinski definition) is 8. The van der Waals surface area contributed by atoms with Gasteiger partial charge in [0.2, 0.25) is 0 Å². The molecule has 0 radical (unpaired) electrons. The molecule has 0 aliphatic heterocycles. The molecule has 8 nitrogen and oxygen atoms in total. The molecule has 0 unspecified atom stereocenters. The van der Waals surface area contributed by atoms with Gasteiger partial charge >= 0.3 is 8.60 Å². The van der Waals surface area contributed by atoms with Crippen LogP contribution in [0.5, 0.6) is 0 Å². The lowest BCUT2D eigenvalue weighted by Gasteiger charge is -2.23. The molecule has 8 N–H and O–H groups in total. The molecule has 17 heavy (non-hydrogen) atoms. The van der Waals surface area contributed by atoms with Crippen LogP contribution in [0.1, 0.15) is 0 Å². The van der Waals surface area contributed by atoms with Crippen molar-refractivity contribution in [2.24, 2.45) is 5.41 Å². The van der Waals surface area contributed by atoms with Gasteiger partial charge in [0.1, 0.15) is 0 Å². The molecular weight excluding hydrogens is 255 g/mol. The van der Waals surface area contributed by atoms with Gasteiger partial charge in [0.05, 0.1) is 38.4 Å². The maximum Gasteiger partial charge on any atom is 0.324 e. The molecule has 0 aromatic heterocycles. The summed E-state index contributed by atoms with van der Waals surface area (Å²) in [6.45, 7) is 1.69. The van der Waals surface area contributed by atoms with Crippen LogP contribution in [0.4, 0.5) is 0 Å². The Kier molecular flexibility index (Phi) is 20.6. The first-order valence-corrected chi connectivity index (χ1v) is 5.61. The second-order valence-electron chi connectivity index (χ2n) is 2.87. The molecule has 0 rings (SSSR count). The van der Waals surface area contributed by atoms with Crippen molar-refractivity contribution in [2.75, 3.05) is 33.0 Å². The zero-order chi connectivity index (χ0) is 14.3. The van der Waals surface area contributed by atoms with Crippen LogP contribution < -0.4 is 0 Å². The van der Waals surface area contributed by atoms with Crippen molar-refractivity contribution in [3.05, 3.63) is 12.7 Å². The van der Waals surface area contributed by atoms with Crippen molar-refractivity contribution in [3.8, 4) is 0 Å². The van der Waals surface area contributed by atoms with Crippen LogP contribution in [-0.4, -0.2) is 73.2 Å². The van der Waals surface area contributed by atoms with E-state index in [0.717, 1.165) is 0 Å². The van der Waals surface area contributed by atoms with E-state index in [-0.39, 0.29) is 6.61 Å². The zero-order valence-corrected chi connectivity index (χ0v) is 10.2. The van der Waals surface area contributed by atoms with Gasteiger partial charge in [-0.2, -0.15) is 0 Å². The summed E-state index contributed by atoms with van der Waals surface area (Å²) in [4.78, 5) is 21.7. The van der Waals surface area contributed by atoms with Crippen molar-refractivity contribution in [1.29, 1.82) is 0 Å². The van der Waals surface area contributed by atoms with E-state index in [4.69, 9.17) is 40.2 Å². The van der Waals surface area contributed by atoms with E-state index in [2.05, 4.69) is 6.58 Å². The summed E-state index contributed by atoms with van der Waals surface area (Å²) in [5.41, 5.74) is -1.11. The second kappa shape index (κ2) is 15.9. The van der Waals surface area contributed by atoms with E-state index in [1.807, 2.05) is 0 Å². The Hall–Kier alpha value is -0.150. The van der Waals surface area contributed by atoms with Gasteiger partial charge in [0.25, 0.3) is 0 Å². The molecule has 0 aliphatic carbocycles. The summed E-state index contributed by atoms with van der Waals surface area (Å²) in [7, 11) is -2.62. The quantitative estimate of drug-likeness (QED) is 0.199. The highest BCUT2D eigenvalue weighted by Gasteiger charge is 2.26. The lowest BCUT2D eigenvalue weighted by molar-refractivity contribution is -0.0328. The summed E-state index contributed by atoms with van der Waals surface area (Å²) in [6, 6.07) is 0. The molecule has 0 saturated carbocycles. The molecule has 0 atom stereocenters. The molecular formula is C8H21O8P. The van der Waals surface area contributed by atoms with Gasteiger partial charge < -0.3 is 40.2 Å². The van der Waals surface area contributed by atoms with Crippen molar-refractivity contribution >= 4 is 8.60 Å². The van der Waals surface area contributed by atoms with Crippen LogP contribution in [0.15, 0.2) is 12.7 Å². The van der Waals surface area contributed by atoms with Gasteiger partial charge in [0.15, 0.2) is 0 Å². The monoisotopic (exact) mass is 276 g/mol. The fourth-order valence-electron chi connectivity index (χ4n) is 0.300. The van der Waals surface area contributed by atoms with E-state index >= 15 is 0 Å². The first-order valence-electron chi connectivity index (χ1n) is 4.41. The van der Waals surface area contributed by atoms with Crippen LogP contribution in [0.3, 0.4) is 0 Å². The molecule has 0 fully saturated rings. The summed E-state index contributed by atoms with van der Waals surface area (Å²) < 4.78 is 0. The maximum atomic E-state index is 8.50. The van der Waals surface area contributed by atoms with Gasteiger partial charge in [-0.15, -0.1) is 6.58 Å². The van der Waals surface area contributed by atoms with Crippen LogP contribution in [-0.2, 0) is 0 Å². The van der Waals surface area contributed by atoms with Gasteiger partial charge in [-0.3, -0.25) is 0 Å². The number of aliphatic hydroxyl groups excluding tert-OH is 5. The molecule has 0 amide bonds. The molecule has 0 spiro atoms. The van der Waals surface area contributed by atoms with E-state index in [0.29, 0.717) is 0 Å². The summed E-state index contributed by atoms with van der Waals surface area (Å²) in [5.74, 6) is 0. The summed E-state index contributed by atoms with van der Waals surface area (Å²) in [5, 5.41) is 41.7. The third-order valence-corrected chi connectivity index (χ3v) is 1.47. The minimum Gasteiger partial charge on any atom is -0.396 e. The molecule has 0 saturated heterocycles. The minimum absolute atomic E-state index is 0.0833. The van der Waals surface area contributed by atoms with E-state index in [1.165, 1.54) is 6.08 Å². The zero-order valence-electron chi connectivity index (χ0n) is 9.34. The van der Waals surface area contributed by atoms with Gasteiger partial charge in [-0.1, -0.05) is 6.08 Å². The van der Waals surface area contributed by atoms with Crippen LogP contribution in [0.25, 0.3) is 0 Å². The Morgan fingerprint density at radius 1 is 0.824 bits per heavy atom. The van der Waals surface area contributed by atoms with E-state index < -0.39 is 40.4 Å². The van der Waals surface area contributed by atoms with Crippen LogP contribution in [0, 0.1) is 5.41 Å². The largest absolute Gasteiger partial charge is 0.396 e. The lowest BCUT2D eigenvalue weighted by atomic mass is 9.93. The molecule has 0 heterocycles. The Balaban J connectivity index is -0.000000205. The first kappa shape index (κ1) is 22.1. The molecule has 9 heteroatoms. The highest BCUT2D eigenvalue weighted by molar-refractivity contribution is 7.38. The number of rotatable bonds is 5. The van der Waals surface area contributed by atoms with Gasteiger partial charge in [-0.05, 0) is 0 Å². The minimum atomic E-state index is -2.62. The normalized spacial score (nSPS) is 9.94. The molecule has 106 valence electrons. The number of aliphatic hydroxyl groups is 5. The Labute approximate surface area is 101 Å². The topological polar surface area (TPSA) is 162 Å². The van der Waals surface area contributed by atoms with Crippen molar-refractivity contribution in [2.45, 2.75) is 0 Å². The Morgan fingerprint density at radius 2 is 1.00 bits per heavy atom. The smallest absolute Gasteiger partial charge is 0.324 e. The van der Waals surface area contributed by atoms with Gasteiger partial charge in [0, 0.05) is 0 Å². The highest BCUT2D eigenvalue weighted by atomic mass is 31.2. The molecule has 0 bridgehead atoms.